The molecule has 2 aromatic heterocycles. The zero-order valence-corrected chi connectivity index (χ0v) is 16.4. The summed E-state index contributed by atoms with van der Waals surface area (Å²) in [7, 11) is 2.00. The van der Waals surface area contributed by atoms with Crippen molar-refractivity contribution in [2.45, 2.75) is 44.4 Å². The van der Waals surface area contributed by atoms with Crippen molar-refractivity contribution < 1.29 is 4.79 Å². The summed E-state index contributed by atoms with van der Waals surface area (Å²) in [6, 6.07) is 8.44. The van der Waals surface area contributed by atoms with Gasteiger partial charge in [-0.3, -0.25) is 4.79 Å². The van der Waals surface area contributed by atoms with Crippen LogP contribution in [-0.4, -0.2) is 43.6 Å². The number of carbonyl (C=O) groups excluding carboxylic acids is 1. The second kappa shape index (κ2) is 7.08. The number of aryl methyl sites for hydroxylation is 2. The number of aromatic amines is 1. The number of H-pyrrole nitrogens is 1. The van der Waals surface area contributed by atoms with Gasteiger partial charge in [0.05, 0.1) is 5.92 Å². The lowest BCUT2D eigenvalue weighted by Crippen LogP contribution is -2.42. The van der Waals surface area contributed by atoms with Crippen LogP contribution >= 0.6 is 0 Å². The van der Waals surface area contributed by atoms with Crippen LogP contribution in [0.15, 0.2) is 30.6 Å². The smallest absolute Gasteiger partial charge is 0.231 e. The Morgan fingerprint density at radius 3 is 2.82 bits per heavy atom. The third kappa shape index (κ3) is 3.01. The number of amides is 1. The topological polar surface area (TPSA) is 66.8 Å². The minimum Gasteiger partial charge on any atom is -0.357 e. The number of hydrogen-bond donors (Lipinski definition) is 1. The fraction of sp³-hybridized carbons (Fsp3) is 0.500. The molecule has 3 aromatic rings. The van der Waals surface area contributed by atoms with E-state index in [9.17, 15) is 4.79 Å². The third-order valence-electron chi connectivity index (χ3n) is 6.62. The highest BCUT2D eigenvalue weighted by Gasteiger charge is 2.34. The predicted octanol–water partition coefficient (Wildman–Crippen LogP) is 3.20. The summed E-state index contributed by atoms with van der Waals surface area (Å²) in [4.78, 5) is 19.0. The number of benzene rings is 1. The number of piperidine rings is 1. The lowest BCUT2D eigenvalue weighted by molar-refractivity contribution is -0.134. The van der Waals surface area contributed by atoms with E-state index in [1.165, 1.54) is 16.6 Å². The fourth-order valence-electron chi connectivity index (χ4n) is 4.99. The van der Waals surface area contributed by atoms with Gasteiger partial charge in [-0.25, -0.2) is 0 Å². The van der Waals surface area contributed by atoms with Crippen LogP contribution in [-0.2, 0) is 24.7 Å². The number of rotatable bonds is 3. The number of hydrogen-bond acceptors (Lipinski definition) is 3. The highest BCUT2D eigenvalue weighted by Crippen LogP contribution is 2.37. The van der Waals surface area contributed by atoms with E-state index in [0.717, 1.165) is 63.0 Å². The predicted molar refractivity (Wildman–Crippen MR) is 108 cm³/mol. The van der Waals surface area contributed by atoms with Crippen LogP contribution in [0.2, 0.25) is 0 Å². The van der Waals surface area contributed by atoms with Crippen LogP contribution in [0, 0.1) is 5.92 Å². The molecule has 0 bridgehead atoms. The van der Waals surface area contributed by atoms with Gasteiger partial charge in [0.15, 0.2) is 0 Å². The second-order valence-corrected chi connectivity index (χ2v) is 8.34. The van der Waals surface area contributed by atoms with Crippen molar-refractivity contribution >= 4 is 16.8 Å². The summed E-state index contributed by atoms with van der Waals surface area (Å²) < 4.78 is 2.00. The number of fused-ring (bicyclic) bond motifs is 3. The van der Waals surface area contributed by atoms with Crippen molar-refractivity contribution in [1.29, 1.82) is 0 Å². The third-order valence-corrected chi connectivity index (χ3v) is 6.62. The molecule has 0 saturated carbocycles. The zero-order chi connectivity index (χ0) is 19.1. The Balaban J connectivity index is 1.29. The van der Waals surface area contributed by atoms with Crippen LogP contribution in [0.1, 0.15) is 48.7 Å². The van der Waals surface area contributed by atoms with E-state index in [1.807, 2.05) is 11.6 Å². The van der Waals surface area contributed by atoms with E-state index in [2.05, 4.69) is 44.3 Å². The average molecular weight is 377 g/mol. The van der Waals surface area contributed by atoms with E-state index < -0.39 is 0 Å². The summed E-state index contributed by atoms with van der Waals surface area (Å²) in [5.41, 5.74) is 3.69. The number of para-hydroxylation sites is 1. The molecule has 146 valence electrons. The first-order valence-electron chi connectivity index (χ1n) is 10.4. The lowest BCUT2D eigenvalue weighted by atomic mass is 9.85. The quantitative estimate of drug-likeness (QED) is 0.762. The Morgan fingerprint density at radius 2 is 2.04 bits per heavy atom. The van der Waals surface area contributed by atoms with Crippen molar-refractivity contribution in [3.8, 4) is 0 Å². The van der Waals surface area contributed by atoms with Crippen molar-refractivity contribution in [3.63, 3.8) is 0 Å². The summed E-state index contributed by atoms with van der Waals surface area (Å²) in [5, 5.41) is 9.48. The van der Waals surface area contributed by atoms with Crippen molar-refractivity contribution in [2.24, 2.45) is 13.0 Å². The van der Waals surface area contributed by atoms with Gasteiger partial charge in [-0.2, -0.15) is 0 Å². The molecule has 6 heteroatoms. The molecule has 1 atom stereocenters. The molecule has 1 saturated heterocycles. The first-order chi connectivity index (χ1) is 13.7. The SMILES string of the molecule is Cn1cnnc1CC1CCN(C(=O)[C@H]2CCCc3c2[nH]c2ccccc32)CC1. The summed E-state index contributed by atoms with van der Waals surface area (Å²) in [6.45, 7) is 1.71. The highest BCUT2D eigenvalue weighted by atomic mass is 16.2. The molecule has 0 radical (unpaired) electrons. The molecule has 0 unspecified atom stereocenters. The Labute approximate surface area is 164 Å². The maximum atomic E-state index is 13.3. The van der Waals surface area contributed by atoms with Gasteiger partial charge < -0.3 is 14.5 Å². The zero-order valence-electron chi connectivity index (χ0n) is 16.4. The molecule has 6 nitrogen and oxygen atoms in total. The van der Waals surface area contributed by atoms with Crippen LogP contribution < -0.4 is 0 Å². The van der Waals surface area contributed by atoms with Crippen LogP contribution in [0.25, 0.3) is 10.9 Å². The van der Waals surface area contributed by atoms with Gasteiger partial charge in [-0.15, -0.1) is 10.2 Å². The molecule has 1 amide bonds. The number of carbonyl (C=O) groups is 1. The van der Waals surface area contributed by atoms with Gasteiger partial charge in [0.2, 0.25) is 5.91 Å². The standard InChI is InChI=1S/C22H27N5O/c1-26-14-23-25-20(26)13-15-9-11-27(12-10-15)22(28)18-7-4-6-17-16-5-2-3-8-19(16)24-21(17)18/h2-3,5,8,14-15,18,24H,4,6-7,9-13H2,1H3/t18-/m0/s1. The van der Waals surface area contributed by atoms with E-state index in [1.54, 1.807) is 6.33 Å². The normalized spacial score (nSPS) is 20.5. The van der Waals surface area contributed by atoms with Crippen molar-refractivity contribution in [1.82, 2.24) is 24.6 Å². The number of nitrogens with one attached hydrogen (secondary N) is 1. The minimum absolute atomic E-state index is 0.00793. The molecule has 0 spiro atoms. The van der Waals surface area contributed by atoms with Gasteiger partial charge in [-0.05, 0) is 49.7 Å². The maximum absolute atomic E-state index is 13.3. The van der Waals surface area contributed by atoms with Crippen molar-refractivity contribution in [3.05, 3.63) is 47.7 Å². The summed E-state index contributed by atoms with van der Waals surface area (Å²) >= 11 is 0. The van der Waals surface area contributed by atoms with Gasteiger partial charge in [0.1, 0.15) is 12.2 Å². The molecule has 1 aliphatic heterocycles. The molecule has 1 fully saturated rings. The first-order valence-corrected chi connectivity index (χ1v) is 10.4. The second-order valence-electron chi connectivity index (χ2n) is 8.34. The average Bonchev–Trinajstić information content (AvgIpc) is 3.31. The molecule has 1 aromatic carbocycles. The maximum Gasteiger partial charge on any atom is 0.231 e. The van der Waals surface area contributed by atoms with E-state index in [0.29, 0.717) is 11.8 Å². The van der Waals surface area contributed by atoms with Crippen LogP contribution in [0.5, 0.6) is 0 Å². The van der Waals surface area contributed by atoms with Gasteiger partial charge >= 0.3 is 0 Å². The van der Waals surface area contributed by atoms with Crippen LogP contribution in [0.4, 0.5) is 0 Å². The molecule has 28 heavy (non-hydrogen) atoms. The molecule has 1 N–H and O–H groups in total. The largest absolute Gasteiger partial charge is 0.357 e. The Bertz CT molecular complexity index is 995. The summed E-state index contributed by atoms with van der Waals surface area (Å²) in [6.07, 6.45) is 7.92. The number of aromatic nitrogens is 4. The summed E-state index contributed by atoms with van der Waals surface area (Å²) in [5.74, 6) is 1.93. The van der Waals surface area contributed by atoms with Gasteiger partial charge in [-0.1, -0.05) is 18.2 Å². The number of nitrogens with zero attached hydrogens (tertiary/aromatic N) is 4. The minimum atomic E-state index is -0.00793. The molecular weight excluding hydrogens is 350 g/mol. The fourth-order valence-corrected chi connectivity index (χ4v) is 4.99. The molecule has 1 aliphatic carbocycles. The Morgan fingerprint density at radius 1 is 1.21 bits per heavy atom. The van der Waals surface area contributed by atoms with Crippen molar-refractivity contribution in [2.75, 3.05) is 13.1 Å². The highest BCUT2D eigenvalue weighted by molar-refractivity contribution is 5.90. The monoisotopic (exact) mass is 377 g/mol. The molecular formula is C22H27N5O. The molecule has 5 rings (SSSR count). The molecule has 2 aliphatic rings. The van der Waals surface area contributed by atoms with Crippen LogP contribution in [0.3, 0.4) is 0 Å². The number of likely N-dealkylation sites (tertiary alicyclic amines) is 1. The first kappa shape index (κ1) is 17.5. The van der Waals surface area contributed by atoms with E-state index in [-0.39, 0.29) is 5.92 Å². The van der Waals surface area contributed by atoms with Gasteiger partial charge in [0.25, 0.3) is 0 Å². The Kier molecular flexibility index (Phi) is 4.41. The Hall–Kier alpha value is -2.63. The molecule has 3 heterocycles. The van der Waals surface area contributed by atoms with E-state index >= 15 is 0 Å². The van der Waals surface area contributed by atoms with E-state index in [4.69, 9.17) is 0 Å². The lowest BCUT2D eigenvalue weighted by Gasteiger charge is -2.35. The van der Waals surface area contributed by atoms with Gasteiger partial charge in [0, 0.05) is 43.2 Å².